The van der Waals surface area contributed by atoms with Crippen molar-refractivity contribution in [2.45, 2.75) is 6.54 Å². The van der Waals surface area contributed by atoms with Crippen LogP contribution in [-0.2, 0) is 6.54 Å². The first-order chi connectivity index (χ1) is 13.4. The van der Waals surface area contributed by atoms with E-state index in [9.17, 15) is 0 Å². The van der Waals surface area contributed by atoms with E-state index >= 15 is 0 Å². The number of nitrogens with zero attached hydrogens (tertiary/aromatic N) is 4. The lowest BCUT2D eigenvalue weighted by Crippen LogP contribution is -2.21. The van der Waals surface area contributed by atoms with Crippen LogP contribution in [0.25, 0.3) is 5.70 Å². The Bertz CT molecular complexity index is 910. The molecule has 0 saturated heterocycles. The van der Waals surface area contributed by atoms with Crippen LogP contribution in [0.1, 0.15) is 11.1 Å². The van der Waals surface area contributed by atoms with Crippen molar-refractivity contribution in [3.63, 3.8) is 0 Å². The molecule has 28 heavy (non-hydrogen) atoms. The summed E-state index contributed by atoms with van der Waals surface area (Å²) < 4.78 is 0.657. The summed E-state index contributed by atoms with van der Waals surface area (Å²) in [6.45, 7) is 4.22. The zero-order chi connectivity index (χ0) is 20.5. The Morgan fingerprint density at radius 2 is 2.14 bits per heavy atom. The van der Waals surface area contributed by atoms with E-state index in [0.717, 1.165) is 16.8 Å². The summed E-state index contributed by atoms with van der Waals surface area (Å²) in [5, 5.41) is 10.3. The summed E-state index contributed by atoms with van der Waals surface area (Å²) in [7, 11) is 3.63. The molecule has 1 N–H and O–H groups in total. The molecular formula is C20H20BrCl2N5. The Kier molecular flexibility index (Phi) is 8.70. The lowest BCUT2D eigenvalue weighted by molar-refractivity contribution is 0.547. The molecule has 1 heterocycles. The van der Waals surface area contributed by atoms with E-state index in [2.05, 4.69) is 37.9 Å². The maximum atomic E-state index is 6.37. The molecule has 146 valence electrons. The van der Waals surface area contributed by atoms with Gasteiger partial charge in [-0.05, 0) is 45.8 Å². The Hall–Kier alpha value is -2.15. The van der Waals surface area contributed by atoms with Crippen LogP contribution in [0.4, 0.5) is 0 Å². The molecule has 0 saturated carbocycles. The smallest absolute Gasteiger partial charge is 0.146 e. The molecule has 1 aromatic carbocycles. The number of hydrogen-bond acceptors (Lipinski definition) is 4. The number of hydrazone groups is 1. The number of aliphatic imine (C=N–C) groups is 1. The molecule has 2 rings (SSSR count). The summed E-state index contributed by atoms with van der Waals surface area (Å²) in [4.78, 5) is 8.81. The van der Waals surface area contributed by atoms with Gasteiger partial charge < -0.3 is 5.32 Å². The minimum absolute atomic E-state index is 0.458. The molecule has 0 amide bonds. The Balaban J connectivity index is 2.43. The van der Waals surface area contributed by atoms with Crippen LogP contribution >= 0.6 is 39.1 Å². The molecule has 0 aliphatic carbocycles. The van der Waals surface area contributed by atoms with Crippen molar-refractivity contribution in [2.24, 2.45) is 10.1 Å². The number of rotatable bonds is 7. The maximum absolute atomic E-state index is 6.37. The van der Waals surface area contributed by atoms with Crippen molar-refractivity contribution in [1.82, 2.24) is 15.3 Å². The Morgan fingerprint density at radius 3 is 2.75 bits per heavy atom. The van der Waals surface area contributed by atoms with Gasteiger partial charge in [-0.3, -0.25) is 15.0 Å². The van der Waals surface area contributed by atoms with Gasteiger partial charge in [0.15, 0.2) is 0 Å². The minimum atomic E-state index is 0.458. The largest absolute Gasteiger partial charge is 0.387 e. The van der Waals surface area contributed by atoms with Crippen LogP contribution in [0.15, 0.2) is 70.0 Å². The SMILES string of the molecule is C=C(Br)/C=N\N(C)C(C=C(NC)c1ccc(Cl)cc1Cl)=NCc1cccnc1. The summed E-state index contributed by atoms with van der Waals surface area (Å²) in [6.07, 6.45) is 6.98. The average molecular weight is 481 g/mol. The highest BCUT2D eigenvalue weighted by Crippen LogP contribution is 2.26. The molecule has 0 aliphatic heterocycles. The van der Waals surface area contributed by atoms with Gasteiger partial charge in [0, 0.05) is 53.3 Å². The molecule has 0 aliphatic rings. The fourth-order valence-corrected chi connectivity index (χ4v) is 2.84. The maximum Gasteiger partial charge on any atom is 0.146 e. The number of nitrogens with one attached hydrogen (secondary N) is 1. The molecule has 5 nitrogen and oxygen atoms in total. The monoisotopic (exact) mass is 479 g/mol. The quantitative estimate of drug-likeness (QED) is 0.329. The molecule has 2 aromatic rings. The molecular weight excluding hydrogens is 461 g/mol. The van der Waals surface area contributed by atoms with Crippen LogP contribution in [0.3, 0.4) is 0 Å². The fraction of sp³-hybridized carbons (Fsp3) is 0.150. The van der Waals surface area contributed by atoms with Crippen molar-refractivity contribution < 1.29 is 0 Å². The molecule has 1 aromatic heterocycles. The topological polar surface area (TPSA) is 52.9 Å². The number of likely N-dealkylation sites (N-methyl/N-ethyl adjacent to an activating group) is 1. The van der Waals surface area contributed by atoms with Gasteiger partial charge >= 0.3 is 0 Å². The fourth-order valence-electron chi connectivity index (χ4n) is 2.24. The second kappa shape index (κ2) is 11.0. The van der Waals surface area contributed by atoms with Crippen LogP contribution in [0.2, 0.25) is 10.0 Å². The van der Waals surface area contributed by atoms with Gasteiger partial charge in [-0.2, -0.15) is 5.10 Å². The summed E-state index contributed by atoms with van der Waals surface area (Å²) >= 11 is 15.7. The average Bonchev–Trinajstić information content (AvgIpc) is 2.68. The third-order valence-corrected chi connectivity index (χ3v) is 4.37. The third kappa shape index (κ3) is 6.78. The molecule has 8 heteroatoms. The van der Waals surface area contributed by atoms with E-state index in [1.807, 2.05) is 38.4 Å². The standard InChI is InChI=1S/C20H20BrCl2N5/c1-14(21)11-27-28(3)20(26-13-15-5-4-8-25-12-15)10-19(24-2)17-7-6-16(22)9-18(17)23/h4-12,24H,1,13H2,2-3H3/b19-10?,26-20?,27-11-. The van der Waals surface area contributed by atoms with Gasteiger partial charge in [0.2, 0.25) is 0 Å². The van der Waals surface area contributed by atoms with Gasteiger partial charge in [-0.25, -0.2) is 0 Å². The molecule has 0 spiro atoms. The molecule has 0 atom stereocenters. The lowest BCUT2D eigenvalue weighted by atomic mass is 10.1. The summed E-state index contributed by atoms with van der Waals surface area (Å²) in [5.74, 6) is 0.629. The first-order valence-electron chi connectivity index (χ1n) is 8.31. The highest BCUT2D eigenvalue weighted by Gasteiger charge is 2.10. The molecule has 0 radical (unpaired) electrons. The van der Waals surface area contributed by atoms with Crippen LogP contribution < -0.4 is 5.32 Å². The number of aromatic nitrogens is 1. The molecule has 0 bridgehead atoms. The van der Waals surface area contributed by atoms with Gasteiger partial charge in [0.25, 0.3) is 0 Å². The normalized spacial score (nSPS) is 12.3. The van der Waals surface area contributed by atoms with Crippen molar-refractivity contribution >= 4 is 56.9 Å². The predicted octanol–water partition coefficient (Wildman–Crippen LogP) is 5.37. The zero-order valence-electron chi connectivity index (χ0n) is 15.5. The van der Waals surface area contributed by atoms with Gasteiger partial charge in [0.05, 0.1) is 17.8 Å². The number of amidine groups is 1. The van der Waals surface area contributed by atoms with Gasteiger partial charge in [-0.1, -0.05) is 35.8 Å². The van der Waals surface area contributed by atoms with Crippen LogP contribution in [-0.4, -0.2) is 36.1 Å². The van der Waals surface area contributed by atoms with E-state index in [-0.39, 0.29) is 0 Å². The van der Waals surface area contributed by atoms with Crippen molar-refractivity contribution in [2.75, 3.05) is 14.1 Å². The molecule has 0 fully saturated rings. The van der Waals surface area contributed by atoms with Crippen molar-refractivity contribution in [3.8, 4) is 0 Å². The summed E-state index contributed by atoms with van der Waals surface area (Å²) in [5.41, 5.74) is 2.59. The van der Waals surface area contributed by atoms with E-state index in [1.54, 1.807) is 35.7 Å². The van der Waals surface area contributed by atoms with Crippen molar-refractivity contribution in [3.05, 3.63) is 81.0 Å². The first kappa shape index (κ1) is 22.1. The second-order valence-corrected chi connectivity index (χ2v) is 7.55. The number of halogens is 3. The third-order valence-electron chi connectivity index (χ3n) is 3.61. The Labute approximate surface area is 183 Å². The number of allylic oxidation sites excluding steroid dienone is 1. The lowest BCUT2D eigenvalue weighted by Gasteiger charge is -2.16. The summed E-state index contributed by atoms with van der Waals surface area (Å²) in [6, 6.07) is 9.19. The van der Waals surface area contributed by atoms with E-state index < -0.39 is 0 Å². The second-order valence-electron chi connectivity index (χ2n) is 5.68. The minimum Gasteiger partial charge on any atom is -0.387 e. The van der Waals surface area contributed by atoms with Crippen LogP contribution in [0, 0.1) is 0 Å². The van der Waals surface area contributed by atoms with Crippen LogP contribution in [0.5, 0.6) is 0 Å². The molecule has 0 unspecified atom stereocenters. The number of benzene rings is 1. The van der Waals surface area contributed by atoms with E-state index in [0.29, 0.717) is 26.9 Å². The number of hydrogen-bond donors (Lipinski definition) is 1. The number of pyridine rings is 1. The Morgan fingerprint density at radius 1 is 1.36 bits per heavy atom. The highest BCUT2D eigenvalue weighted by atomic mass is 79.9. The van der Waals surface area contributed by atoms with E-state index in [1.165, 1.54) is 0 Å². The highest BCUT2D eigenvalue weighted by molar-refractivity contribution is 9.12. The van der Waals surface area contributed by atoms with Gasteiger partial charge in [-0.15, -0.1) is 0 Å². The predicted molar refractivity (Wildman–Crippen MR) is 123 cm³/mol. The first-order valence-corrected chi connectivity index (χ1v) is 9.86. The van der Waals surface area contributed by atoms with E-state index in [4.69, 9.17) is 28.2 Å². The van der Waals surface area contributed by atoms with Crippen molar-refractivity contribution in [1.29, 1.82) is 0 Å². The zero-order valence-corrected chi connectivity index (χ0v) is 18.6. The van der Waals surface area contributed by atoms with Gasteiger partial charge in [0.1, 0.15) is 5.84 Å².